The van der Waals surface area contributed by atoms with Crippen molar-refractivity contribution in [3.05, 3.63) is 71.8 Å². The van der Waals surface area contributed by atoms with Crippen LogP contribution in [0.25, 0.3) is 0 Å². The third-order valence-corrected chi connectivity index (χ3v) is 3.26. The van der Waals surface area contributed by atoms with Gasteiger partial charge in [-0.3, -0.25) is 4.79 Å². The van der Waals surface area contributed by atoms with E-state index in [9.17, 15) is 4.79 Å². The maximum atomic E-state index is 11.5. The van der Waals surface area contributed by atoms with E-state index in [1.165, 1.54) is 5.56 Å². The van der Waals surface area contributed by atoms with Gasteiger partial charge in [0, 0.05) is 19.6 Å². The lowest BCUT2D eigenvalue weighted by Gasteiger charge is -2.16. The quantitative estimate of drug-likeness (QED) is 0.686. The zero-order chi connectivity index (χ0) is 14.9. The van der Waals surface area contributed by atoms with Crippen molar-refractivity contribution >= 4 is 5.91 Å². The number of benzene rings is 2. The van der Waals surface area contributed by atoms with Crippen LogP contribution in [0, 0.1) is 0 Å². The summed E-state index contributed by atoms with van der Waals surface area (Å²) in [5, 5.41) is 6.44. The molecule has 2 rings (SSSR count). The molecule has 0 heterocycles. The Morgan fingerprint density at radius 3 is 1.95 bits per heavy atom. The molecule has 0 saturated carbocycles. The zero-order valence-electron chi connectivity index (χ0n) is 12.0. The Hall–Kier alpha value is -2.17. The number of rotatable bonds is 8. The predicted molar refractivity (Wildman–Crippen MR) is 84.4 cm³/mol. The number of hydrogen-bond donors (Lipinski definition) is 3. The van der Waals surface area contributed by atoms with Crippen molar-refractivity contribution in [2.75, 3.05) is 6.54 Å². The highest BCUT2D eigenvalue weighted by atomic mass is 16.1. The van der Waals surface area contributed by atoms with Gasteiger partial charge in [-0.1, -0.05) is 60.7 Å². The van der Waals surface area contributed by atoms with Crippen molar-refractivity contribution in [3.8, 4) is 0 Å². The van der Waals surface area contributed by atoms with E-state index in [2.05, 4.69) is 10.6 Å². The monoisotopic (exact) mass is 283 g/mol. The Morgan fingerprint density at radius 2 is 1.43 bits per heavy atom. The summed E-state index contributed by atoms with van der Waals surface area (Å²) in [7, 11) is 0. The molecule has 0 aliphatic heterocycles. The summed E-state index contributed by atoms with van der Waals surface area (Å²) < 4.78 is 0. The molecule has 0 aliphatic carbocycles. The van der Waals surface area contributed by atoms with Gasteiger partial charge in [0.1, 0.15) is 0 Å². The number of primary amides is 1. The molecule has 1 atom stereocenters. The molecule has 21 heavy (non-hydrogen) atoms. The molecule has 2 aromatic rings. The van der Waals surface area contributed by atoms with Crippen LogP contribution in [0.2, 0.25) is 0 Å². The standard InChI is InChI=1S/C17H21N3O/c18-17(21)16(20-12-15-9-5-2-6-10-15)13-19-11-14-7-3-1-4-8-14/h1-10,16,19-20H,11-13H2,(H2,18,21). The average Bonchev–Trinajstić information content (AvgIpc) is 2.52. The van der Waals surface area contributed by atoms with Crippen LogP contribution in [0.1, 0.15) is 11.1 Å². The number of carbonyl (C=O) groups excluding carboxylic acids is 1. The molecule has 110 valence electrons. The van der Waals surface area contributed by atoms with Crippen molar-refractivity contribution < 1.29 is 4.79 Å². The van der Waals surface area contributed by atoms with Gasteiger partial charge in [-0.25, -0.2) is 0 Å². The van der Waals surface area contributed by atoms with Crippen LogP contribution in [0.15, 0.2) is 60.7 Å². The van der Waals surface area contributed by atoms with Gasteiger partial charge in [0.05, 0.1) is 6.04 Å². The first-order valence-electron chi connectivity index (χ1n) is 7.07. The molecule has 1 unspecified atom stereocenters. The van der Waals surface area contributed by atoms with Crippen LogP contribution >= 0.6 is 0 Å². The second-order valence-electron chi connectivity index (χ2n) is 4.94. The highest BCUT2D eigenvalue weighted by Crippen LogP contribution is 1.99. The van der Waals surface area contributed by atoms with Crippen LogP contribution in [-0.2, 0) is 17.9 Å². The van der Waals surface area contributed by atoms with Crippen LogP contribution in [-0.4, -0.2) is 18.5 Å². The SMILES string of the molecule is NC(=O)C(CNCc1ccccc1)NCc1ccccc1. The lowest BCUT2D eigenvalue weighted by Crippen LogP contribution is -2.47. The first-order chi connectivity index (χ1) is 10.3. The number of nitrogens with one attached hydrogen (secondary N) is 2. The number of carbonyl (C=O) groups is 1. The Kier molecular flexibility index (Phi) is 5.94. The predicted octanol–water partition coefficient (Wildman–Crippen LogP) is 1.42. The van der Waals surface area contributed by atoms with E-state index in [0.29, 0.717) is 13.1 Å². The van der Waals surface area contributed by atoms with Gasteiger partial charge in [-0.05, 0) is 11.1 Å². The van der Waals surface area contributed by atoms with Crippen molar-refractivity contribution in [1.29, 1.82) is 0 Å². The van der Waals surface area contributed by atoms with Crippen LogP contribution in [0.5, 0.6) is 0 Å². The highest BCUT2D eigenvalue weighted by Gasteiger charge is 2.13. The average molecular weight is 283 g/mol. The van der Waals surface area contributed by atoms with Crippen molar-refractivity contribution in [1.82, 2.24) is 10.6 Å². The van der Waals surface area contributed by atoms with E-state index in [4.69, 9.17) is 5.73 Å². The first kappa shape index (κ1) is 15.2. The Labute approximate surface area is 125 Å². The summed E-state index contributed by atoms with van der Waals surface area (Å²) in [6.45, 7) is 1.86. The van der Waals surface area contributed by atoms with E-state index < -0.39 is 0 Å². The molecule has 2 aromatic carbocycles. The fourth-order valence-corrected chi connectivity index (χ4v) is 2.07. The van der Waals surface area contributed by atoms with Crippen LogP contribution < -0.4 is 16.4 Å². The molecule has 4 N–H and O–H groups in total. The maximum Gasteiger partial charge on any atom is 0.235 e. The summed E-state index contributed by atoms with van der Waals surface area (Å²) in [4.78, 5) is 11.5. The number of nitrogens with two attached hydrogens (primary N) is 1. The van der Waals surface area contributed by atoms with Crippen LogP contribution in [0.3, 0.4) is 0 Å². The lowest BCUT2D eigenvalue weighted by molar-refractivity contribution is -0.120. The molecule has 0 fully saturated rings. The van der Waals surface area contributed by atoms with Gasteiger partial charge >= 0.3 is 0 Å². The Bertz CT molecular complexity index is 542. The fraction of sp³-hybridized carbons (Fsp3) is 0.235. The lowest BCUT2D eigenvalue weighted by atomic mass is 10.2. The summed E-state index contributed by atoms with van der Waals surface area (Å²) in [5.41, 5.74) is 7.75. The molecule has 1 amide bonds. The van der Waals surface area contributed by atoms with E-state index in [1.54, 1.807) is 0 Å². The van der Waals surface area contributed by atoms with E-state index >= 15 is 0 Å². The Balaban J connectivity index is 1.78. The second-order valence-corrected chi connectivity index (χ2v) is 4.94. The minimum atomic E-state index is -0.381. The second kappa shape index (κ2) is 8.19. The minimum Gasteiger partial charge on any atom is -0.368 e. The topological polar surface area (TPSA) is 67.2 Å². The van der Waals surface area contributed by atoms with Gasteiger partial charge in [-0.15, -0.1) is 0 Å². The Morgan fingerprint density at radius 1 is 0.905 bits per heavy atom. The first-order valence-corrected chi connectivity index (χ1v) is 7.07. The smallest absolute Gasteiger partial charge is 0.235 e. The molecule has 0 bridgehead atoms. The van der Waals surface area contributed by atoms with Gasteiger partial charge in [0.25, 0.3) is 0 Å². The van der Waals surface area contributed by atoms with Gasteiger partial charge in [-0.2, -0.15) is 0 Å². The van der Waals surface area contributed by atoms with E-state index in [0.717, 1.165) is 12.1 Å². The third kappa shape index (κ3) is 5.38. The molecule has 4 nitrogen and oxygen atoms in total. The van der Waals surface area contributed by atoms with Crippen molar-refractivity contribution in [3.63, 3.8) is 0 Å². The van der Waals surface area contributed by atoms with Crippen molar-refractivity contribution in [2.24, 2.45) is 5.73 Å². The summed E-state index contributed by atoms with van der Waals surface area (Å²) in [6.07, 6.45) is 0. The molecule has 0 radical (unpaired) electrons. The number of amides is 1. The molecular weight excluding hydrogens is 262 g/mol. The normalized spacial score (nSPS) is 12.0. The number of hydrogen-bond acceptors (Lipinski definition) is 3. The molecule has 4 heteroatoms. The molecular formula is C17H21N3O. The van der Waals surface area contributed by atoms with Gasteiger partial charge in [0.2, 0.25) is 5.91 Å². The van der Waals surface area contributed by atoms with E-state index in [1.807, 2.05) is 60.7 Å². The largest absolute Gasteiger partial charge is 0.368 e. The van der Waals surface area contributed by atoms with Gasteiger partial charge in [0.15, 0.2) is 0 Å². The summed E-state index contributed by atoms with van der Waals surface area (Å²) >= 11 is 0. The minimum absolute atomic E-state index is 0.341. The summed E-state index contributed by atoms with van der Waals surface area (Å²) in [6, 6.07) is 19.6. The molecule has 0 saturated heterocycles. The fourth-order valence-electron chi connectivity index (χ4n) is 2.07. The molecule has 0 spiro atoms. The summed E-state index contributed by atoms with van der Waals surface area (Å²) in [5.74, 6) is -0.341. The van der Waals surface area contributed by atoms with Gasteiger partial charge < -0.3 is 16.4 Å². The molecule has 0 aromatic heterocycles. The highest BCUT2D eigenvalue weighted by molar-refractivity contribution is 5.80. The van der Waals surface area contributed by atoms with Crippen LogP contribution in [0.4, 0.5) is 0 Å². The maximum absolute atomic E-state index is 11.5. The zero-order valence-corrected chi connectivity index (χ0v) is 12.0. The van der Waals surface area contributed by atoms with E-state index in [-0.39, 0.29) is 11.9 Å². The molecule has 0 aliphatic rings. The third-order valence-electron chi connectivity index (χ3n) is 3.26. The van der Waals surface area contributed by atoms with Crippen molar-refractivity contribution in [2.45, 2.75) is 19.1 Å².